The first-order valence-corrected chi connectivity index (χ1v) is 11.5. The van der Waals surface area contributed by atoms with Crippen LogP contribution >= 0.6 is 14.0 Å². The second-order valence-corrected chi connectivity index (χ2v) is 7.79. The number of hydrogen-bond donors (Lipinski definition) is 0. The Kier molecular flexibility index (Phi) is 7.05. The van der Waals surface area contributed by atoms with Gasteiger partial charge >= 0.3 is 52.6 Å². The molecule has 0 aliphatic rings. The molecule has 0 saturated carbocycles. The fourth-order valence-corrected chi connectivity index (χ4v) is 3.85. The van der Waals surface area contributed by atoms with Crippen LogP contribution in [0.5, 0.6) is 0 Å². The maximum absolute atomic E-state index is 3.54. The molecule has 0 aromatic heterocycles. The van der Waals surface area contributed by atoms with Crippen molar-refractivity contribution in [3.8, 4) is 0 Å². The summed E-state index contributed by atoms with van der Waals surface area (Å²) < 4.78 is 0. The van der Waals surface area contributed by atoms with Crippen molar-refractivity contribution in [1.29, 1.82) is 0 Å². The topological polar surface area (TPSA) is 0 Å². The van der Waals surface area contributed by atoms with Crippen molar-refractivity contribution in [3.05, 3.63) is 0 Å². The summed E-state index contributed by atoms with van der Waals surface area (Å²) in [7, 11) is 0. The monoisotopic (exact) mass is 212 g/mol. The fourth-order valence-electron chi connectivity index (χ4n) is 0.344. The van der Waals surface area contributed by atoms with Crippen LogP contribution in [0.15, 0.2) is 0 Å². The van der Waals surface area contributed by atoms with Gasteiger partial charge in [-0.15, -0.1) is 0 Å². The summed E-state index contributed by atoms with van der Waals surface area (Å²) in [5, 5.41) is 1.52. The second kappa shape index (κ2) is 6.02. The Bertz CT molecular complexity index is 19.5. The van der Waals surface area contributed by atoms with E-state index in [1.54, 1.807) is 0 Å². The summed E-state index contributed by atoms with van der Waals surface area (Å²) in [5.74, 6) is 0. The number of halogens is 1. The third-order valence-corrected chi connectivity index (χ3v) is 5.26. The minimum atomic E-state index is -0.118. The van der Waals surface area contributed by atoms with E-state index in [0.717, 1.165) is 0 Å². The fraction of sp³-hybridized carbons (Fsp3) is 1.00. The Morgan fingerprint density at radius 1 is 1.67 bits per heavy atom. The number of hydrogen-bond acceptors (Lipinski definition) is 0. The van der Waals surface area contributed by atoms with Crippen molar-refractivity contribution < 1.29 is 0 Å². The van der Waals surface area contributed by atoms with Crippen LogP contribution in [-0.4, -0.2) is 13.6 Å². The standard InChI is InChI=1S/C4H11BrGe/c1-2-3-4-6-5/h2-4,6H2,1H3. The Hall–Kier alpha value is 1.02. The molecule has 0 rings (SSSR count). The molecule has 0 heterocycles. The molecule has 0 aromatic carbocycles. The molecule has 0 atom stereocenters. The normalized spacial score (nSPS) is 11.0. The second-order valence-electron chi connectivity index (χ2n) is 1.40. The van der Waals surface area contributed by atoms with E-state index in [-0.39, 0.29) is 13.6 Å². The van der Waals surface area contributed by atoms with Gasteiger partial charge in [0.15, 0.2) is 0 Å². The average molecular weight is 212 g/mol. The molecule has 0 unspecified atom stereocenters. The first-order valence-electron chi connectivity index (χ1n) is 2.47. The molecular weight excluding hydrogens is 201 g/mol. The number of rotatable bonds is 3. The van der Waals surface area contributed by atoms with Crippen molar-refractivity contribution in [3.63, 3.8) is 0 Å². The molecule has 0 spiro atoms. The van der Waals surface area contributed by atoms with Crippen molar-refractivity contribution >= 4 is 27.6 Å². The molecule has 0 aromatic rings. The first-order chi connectivity index (χ1) is 2.91. The predicted octanol–water partition coefficient (Wildman–Crippen LogP) is 1.68. The van der Waals surface area contributed by atoms with Gasteiger partial charge in [0.05, 0.1) is 0 Å². The average Bonchev–Trinajstić information content (AvgIpc) is 1.61. The van der Waals surface area contributed by atoms with Crippen LogP contribution in [0.3, 0.4) is 0 Å². The molecule has 6 heavy (non-hydrogen) atoms. The van der Waals surface area contributed by atoms with Crippen LogP contribution in [0.4, 0.5) is 0 Å². The molecule has 0 saturated heterocycles. The third kappa shape index (κ3) is 5.02. The van der Waals surface area contributed by atoms with Gasteiger partial charge in [-0.25, -0.2) is 0 Å². The van der Waals surface area contributed by atoms with Crippen molar-refractivity contribution in [1.82, 2.24) is 0 Å². The Balaban J connectivity index is 2.34. The van der Waals surface area contributed by atoms with Gasteiger partial charge in [-0.3, -0.25) is 0 Å². The van der Waals surface area contributed by atoms with Crippen molar-refractivity contribution in [2.24, 2.45) is 0 Å². The van der Waals surface area contributed by atoms with E-state index in [9.17, 15) is 0 Å². The Morgan fingerprint density at radius 3 is 2.50 bits per heavy atom. The Labute approximate surface area is 52.8 Å². The van der Waals surface area contributed by atoms with E-state index in [0.29, 0.717) is 0 Å². The van der Waals surface area contributed by atoms with Gasteiger partial charge in [0, 0.05) is 0 Å². The molecule has 38 valence electrons. The van der Waals surface area contributed by atoms with E-state index < -0.39 is 0 Å². The van der Waals surface area contributed by atoms with Gasteiger partial charge in [-0.2, -0.15) is 0 Å². The zero-order valence-electron chi connectivity index (χ0n) is 4.21. The van der Waals surface area contributed by atoms with Gasteiger partial charge in [0.1, 0.15) is 0 Å². The van der Waals surface area contributed by atoms with E-state index >= 15 is 0 Å². The van der Waals surface area contributed by atoms with Crippen LogP contribution in [0, 0.1) is 0 Å². The molecule has 2 heteroatoms. The molecule has 0 nitrogen and oxygen atoms in total. The van der Waals surface area contributed by atoms with E-state index in [2.05, 4.69) is 20.9 Å². The van der Waals surface area contributed by atoms with Gasteiger partial charge in [0.2, 0.25) is 0 Å². The zero-order chi connectivity index (χ0) is 4.83. The van der Waals surface area contributed by atoms with Gasteiger partial charge in [0.25, 0.3) is 0 Å². The van der Waals surface area contributed by atoms with E-state index in [4.69, 9.17) is 0 Å². The van der Waals surface area contributed by atoms with Gasteiger partial charge < -0.3 is 0 Å². The molecule has 0 fully saturated rings. The summed E-state index contributed by atoms with van der Waals surface area (Å²) in [6.45, 7) is 2.24. The minimum absolute atomic E-state index is 0.118. The molecule has 0 N–H and O–H groups in total. The summed E-state index contributed by atoms with van der Waals surface area (Å²) >= 11 is 3.42. The van der Waals surface area contributed by atoms with Gasteiger partial charge in [-0.1, -0.05) is 0 Å². The SMILES string of the molecule is CCC[CH2][GeH2][Br]. The van der Waals surface area contributed by atoms with Gasteiger partial charge in [-0.05, 0) is 0 Å². The zero-order valence-corrected chi connectivity index (χ0v) is 8.76. The summed E-state index contributed by atoms with van der Waals surface area (Å²) in [6, 6.07) is 0. The van der Waals surface area contributed by atoms with E-state index in [1.165, 1.54) is 18.1 Å². The molecule has 0 radical (unpaired) electrons. The molecular formula is C4H11BrGe. The molecule has 0 aliphatic carbocycles. The van der Waals surface area contributed by atoms with Crippen LogP contribution < -0.4 is 0 Å². The van der Waals surface area contributed by atoms with E-state index in [1.807, 2.05) is 0 Å². The number of unbranched alkanes of at least 4 members (excludes halogenated alkanes) is 1. The Morgan fingerprint density at radius 2 is 2.33 bits per heavy atom. The quantitative estimate of drug-likeness (QED) is 0.492. The van der Waals surface area contributed by atoms with Crippen LogP contribution in [-0.2, 0) is 0 Å². The maximum atomic E-state index is 3.54. The summed E-state index contributed by atoms with van der Waals surface area (Å²) in [5.41, 5.74) is 0. The van der Waals surface area contributed by atoms with Crippen LogP contribution in [0.2, 0.25) is 5.25 Å². The third-order valence-electron chi connectivity index (χ3n) is 0.737. The van der Waals surface area contributed by atoms with Crippen molar-refractivity contribution in [2.75, 3.05) is 0 Å². The molecule has 0 aliphatic heterocycles. The van der Waals surface area contributed by atoms with Crippen LogP contribution in [0.25, 0.3) is 0 Å². The first kappa shape index (κ1) is 7.02. The summed E-state index contributed by atoms with van der Waals surface area (Å²) in [4.78, 5) is 0. The molecule has 0 bridgehead atoms. The molecule has 0 amide bonds. The van der Waals surface area contributed by atoms with Crippen LogP contribution in [0.1, 0.15) is 19.8 Å². The summed E-state index contributed by atoms with van der Waals surface area (Å²) in [6.07, 6.45) is 2.82. The van der Waals surface area contributed by atoms with Crippen molar-refractivity contribution in [2.45, 2.75) is 25.0 Å². The predicted molar refractivity (Wildman–Crippen MR) is 37.2 cm³/mol.